The van der Waals surface area contributed by atoms with Crippen molar-refractivity contribution in [2.45, 2.75) is 27.2 Å². The molecule has 5 nitrogen and oxygen atoms in total. The van der Waals surface area contributed by atoms with Gasteiger partial charge >= 0.3 is 0 Å². The Hall–Kier alpha value is -3.47. The van der Waals surface area contributed by atoms with Gasteiger partial charge in [-0.15, -0.1) is 6.07 Å². The minimum atomic E-state index is 0. The smallest absolute Gasteiger partial charge is 0.116 e. The van der Waals surface area contributed by atoms with Crippen molar-refractivity contribution in [1.29, 1.82) is 0 Å². The molecule has 6 aromatic rings. The summed E-state index contributed by atoms with van der Waals surface area (Å²) in [7, 11) is 0. The molecular weight excluding hydrogens is 613 g/mol. The van der Waals surface area contributed by atoms with Gasteiger partial charge < -0.3 is 4.42 Å². The Bertz CT molecular complexity index is 1510. The molecule has 0 saturated carbocycles. The maximum absolute atomic E-state index is 5.92. The molecule has 0 atom stereocenters. The van der Waals surface area contributed by atoms with Gasteiger partial charge in [-0.3, -0.25) is 9.36 Å². The quantitative estimate of drug-likeness (QED) is 0.200. The number of rotatable bonds is 3. The molecule has 0 unspecified atom stereocenters. The van der Waals surface area contributed by atoms with Crippen LogP contribution in [0.1, 0.15) is 26.5 Å². The molecule has 0 N–H and O–H groups in total. The topological polar surface area (TPSA) is 48.8 Å². The van der Waals surface area contributed by atoms with Gasteiger partial charge in [0.05, 0.1) is 0 Å². The average Bonchev–Trinajstić information content (AvgIpc) is 3.59. The molecule has 6 rings (SSSR count). The summed E-state index contributed by atoms with van der Waals surface area (Å²) in [5.41, 5.74) is 5.06. The van der Waals surface area contributed by atoms with E-state index in [2.05, 4.69) is 55.2 Å². The van der Waals surface area contributed by atoms with E-state index in [0.29, 0.717) is 0 Å². The Balaban J connectivity index is 0.000000162. The zero-order valence-corrected chi connectivity index (χ0v) is 22.3. The van der Waals surface area contributed by atoms with Crippen molar-refractivity contribution in [3.63, 3.8) is 0 Å². The maximum Gasteiger partial charge on any atom is 0.116 e. The largest absolute Gasteiger partial charge is 0.513 e. The summed E-state index contributed by atoms with van der Waals surface area (Å²) in [4.78, 5) is 0. The molecule has 0 spiro atoms. The summed E-state index contributed by atoms with van der Waals surface area (Å²) >= 11 is 0. The van der Waals surface area contributed by atoms with Crippen molar-refractivity contribution in [2.24, 2.45) is 5.41 Å². The van der Waals surface area contributed by atoms with Crippen molar-refractivity contribution in [2.75, 3.05) is 0 Å². The van der Waals surface area contributed by atoms with Crippen LogP contribution in [0.25, 0.3) is 33.3 Å². The summed E-state index contributed by atoms with van der Waals surface area (Å²) in [6.07, 6.45) is 6.49. The van der Waals surface area contributed by atoms with E-state index < -0.39 is 0 Å². The second-order valence-corrected chi connectivity index (χ2v) is 9.34. The summed E-state index contributed by atoms with van der Waals surface area (Å²) < 4.78 is 9.65. The molecule has 0 amide bonds. The molecule has 0 fully saturated rings. The summed E-state index contributed by atoms with van der Waals surface area (Å²) in [5.74, 6) is 0. The van der Waals surface area contributed by atoms with E-state index in [1.54, 1.807) is 10.9 Å². The molecule has 0 aliphatic rings. The number of nitrogens with zero attached hydrogens (tertiary/aromatic N) is 4. The van der Waals surface area contributed by atoms with Crippen molar-refractivity contribution in [3.05, 3.63) is 109 Å². The first kappa shape index (κ1) is 24.6. The van der Waals surface area contributed by atoms with E-state index in [-0.39, 0.29) is 25.5 Å². The van der Waals surface area contributed by atoms with E-state index in [4.69, 9.17) is 4.42 Å². The number of hydrogen-bond donors (Lipinski definition) is 0. The molecular formula is C29H26IrN4O-2. The van der Waals surface area contributed by atoms with Crippen molar-refractivity contribution < 1.29 is 24.5 Å². The van der Waals surface area contributed by atoms with Crippen LogP contribution in [0.5, 0.6) is 0 Å². The number of para-hydroxylation sites is 2. The third-order valence-electron chi connectivity index (χ3n) is 5.41. The van der Waals surface area contributed by atoms with E-state index in [1.165, 1.54) is 5.69 Å². The fourth-order valence-corrected chi connectivity index (χ4v) is 3.99. The van der Waals surface area contributed by atoms with Crippen molar-refractivity contribution in [1.82, 2.24) is 19.6 Å². The van der Waals surface area contributed by atoms with Gasteiger partial charge in [0.25, 0.3) is 0 Å². The van der Waals surface area contributed by atoms with Crippen LogP contribution in [-0.4, -0.2) is 19.6 Å². The van der Waals surface area contributed by atoms with Gasteiger partial charge in [0, 0.05) is 55.4 Å². The van der Waals surface area contributed by atoms with E-state index in [1.807, 2.05) is 77.7 Å². The fraction of sp³-hybridized carbons (Fsp3) is 0.172. The van der Waals surface area contributed by atoms with Gasteiger partial charge in [-0.1, -0.05) is 44.4 Å². The standard InChI is InChI=1S/C15H9N2O.C14H17N2.Ir/c1-2-8-14-11(5-1)12-6-3-7-13(15(12)18-14)17-10-4-9-16-17;1-14(2,3)11-13-9-10-15-16(13)12-7-5-4-6-8-12;/h1-6,8-10H;4-7,9-10H,11H2,1-3H3;/q2*-1;. The van der Waals surface area contributed by atoms with Gasteiger partial charge in [0.2, 0.25) is 0 Å². The fourth-order valence-electron chi connectivity index (χ4n) is 3.99. The van der Waals surface area contributed by atoms with Gasteiger partial charge in [-0.25, -0.2) is 0 Å². The number of aromatic nitrogens is 4. The van der Waals surface area contributed by atoms with Crippen LogP contribution >= 0.6 is 0 Å². The minimum absolute atomic E-state index is 0. The number of furan rings is 1. The third-order valence-corrected chi connectivity index (χ3v) is 5.41. The molecule has 35 heavy (non-hydrogen) atoms. The van der Waals surface area contributed by atoms with Crippen LogP contribution in [0.3, 0.4) is 0 Å². The Kier molecular flexibility index (Phi) is 7.34. The molecule has 0 aliphatic heterocycles. The monoisotopic (exact) mass is 639 g/mol. The molecule has 0 aliphatic carbocycles. The summed E-state index contributed by atoms with van der Waals surface area (Å²) in [6.45, 7) is 6.71. The second kappa shape index (κ2) is 10.4. The average molecular weight is 639 g/mol. The molecule has 0 bridgehead atoms. The first-order valence-corrected chi connectivity index (χ1v) is 11.3. The Morgan fingerprint density at radius 1 is 0.829 bits per heavy atom. The van der Waals surface area contributed by atoms with E-state index in [9.17, 15) is 0 Å². The van der Waals surface area contributed by atoms with Crippen LogP contribution in [0.4, 0.5) is 0 Å². The summed E-state index contributed by atoms with van der Waals surface area (Å²) in [5, 5.41) is 10.8. The number of hydrogen-bond acceptors (Lipinski definition) is 3. The van der Waals surface area contributed by atoms with Crippen LogP contribution < -0.4 is 0 Å². The minimum Gasteiger partial charge on any atom is -0.513 e. The zero-order chi connectivity index (χ0) is 23.5. The van der Waals surface area contributed by atoms with Crippen LogP contribution in [-0.2, 0) is 26.5 Å². The van der Waals surface area contributed by atoms with E-state index >= 15 is 0 Å². The Labute approximate surface area is 218 Å². The summed E-state index contributed by atoms with van der Waals surface area (Å²) in [6, 6.07) is 30.2. The first-order chi connectivity index (χ1) is 16.5. The van der Waals surface area contributed by atoms with Gasteiger partial charge in [-0.2, -0.15) is 52.7 Å². The van der Waals surface area contributed by atoms with Crippen molar-refractivity contribution in [3.8, 4) is 11.4 Å². The first-order valence-electron chi connectivity index (χ1n) is 11.3. The van der Waals surface area contributed by atoms with Crippen LogP contribution in [0, 0.1) is 17.5 Å². The molecule has 3 aromatic heterocycles. The van der Waals surface area contributed by atoms with Gasteiger partial charge in [0.15, 0.2) is 0 Å². The van der Waals surface area contributed by atoms with E-state index in [0.717, 1.165) is 39.7 Å². The predicted octanol–water partition coefficient (Wildman–Crippen LogP) is 6.83. The molecule has 1 radical (unpaired) electrons. The zero-order valence-electron chi connectivity index (χ0n) is 19.9. The number of fused-ring (bicyclic) bond motifs is 3. The Morgan fingerprint density at radius 2 is 1.66 bits per heavy atom. The third kappa shape index (κ3) is 5.45. The van der Waals surface area contributed by atoms with Crippen LogP contribution in [0.2, 0.25) is 0 Å². The number of benzene rings is 3. The van der Waals surface area contributed by atoms with Crippen molar-refractivity contribution >= 4 is 21.9 Å². The molecule has 3 aromatic carbocycles. The molecule has 179 valence electrons. The maximum atomic E-state index is 5.92. The predicted molar refractivity (Wildman–Crippen MR) is 135 cm³/mol. The molecule has 6 heteroatoms. The molecule has 3 heterocycles. The van der Waals surface area contributed by atoms with Gasteiger partial charge in [-0.05, 0) is 41.4 Å². The van der Waals surface area contributed by atoms with Gasteiger partial charge in [0.1, 0.15) is 5.58 Å². The Morgan fingerprint density at radius 3 is 2.40 bits per heavy atom. The van der Waals surface area contributed by atoms with Crippen LogP contribution in [0.15, 0.2) is 95.8 Å². The SMILES string of the molecule is CC(C)(C)Cc1ccnn1-c1[c-]cccc1.[Ir].[c-]1ccc2c(oc3ccccc32)c1-n1cccn1. The second-order valence-electron chi connectivity index (χ2n) is 9.34. The normalized spacial score (nSPS) is 11.2. The molecule has 0 saturated heterocycles.